The molecule has 0 saturated heterocycles. The summed E-state index contributed by atoms with van der Waals surface area (Å²) in [5.74, 6) is 1.26. The smallest absolute Gasteiger partial charge is 0.150 e. The van der Waals surface area contributed by atoms with Crippen LogP contribution in [0, 0.1) is 0 Å². The van der Waals surface area contributed by atoms with E-state index in [0.717, 1.165) is 30.4 Å². The highest BCUT2D eigenvalue weighted by Gasteiger charge is 2.29. The van der Waals surface area contributed by atoms with Crippen LogP contribution in [0.2, 0.25) is 5.02 Å². The third-order valence-corrected chi connectivity index (χ3v) is 2.77. The summed E-state index contributed by atoms with van der Waals surface area (Å²) in [5, 5.41) is 0.647. The summed E-state index contributed by atoms with van der Waals surface area (Å²) in [6.45, 7) is 0. The number of aldehydes is 1. The van der Waals surface area contributed by atoms with Crippen molar-refractivity contribution in [1.82, 2.24) is 0 Å². The van der Waals surface area contributed by atoms with E-state index in [-0.39, 0.29) is 0 Å². The molecular weight excluding hydrogens is 200 g/mol. The molecule has 0 atom stereocenters. The molecule has 0 aromatic heterocycles. The minimum Gasteiger partial charge on any atom is -0.496 e. The van der Waals surface area contributed by atoms with Gasteiger partial charge >= 0.3 is 0 Å². The zero-order chi connectivity index (χ0) is 10.1. The molecule has 0 aliphatic heterocycles. The Morgan fingerprint density at radius 3 is 2.71 bits per heavy atom. The van der Waals surface area contributed by atoms with Gasteiger partial charge in [0.1, 0.15) is 12.0 Å². The molecular formula is C11H11ClO2. The zero-order valence-electron chi connectivity index (χ0n) is 7.92. The van der Waals surface area contributed by atoms with Crippen molar-refractivity contribution >= 4 is 17.9 Å². The molecule has 0 unspecified atom stereocenters. The van der Waals surface area contributed by atoms with Gasteiger partial charge in [0, 0.05) is 16.1 Å². The SMILES string of the molecule is COc1cc(C=O)cc(Cl)c1C1CC1. The summed E-state index contributed by atoms with van der Waals surface area (Å²) >= 11 is 6.09. The van der Waals surface area contributed by atoms with Crippen molar-refractivity contribution in [2.75, 3.05) is 7.11 Å². The molecule has 1 aliphatic carbocycles. The molecule has 1 aromatic carbocycles. The van der Waals surface area contributed by atoms with Gasteiger partial charge < -0.3 is 4.74 Å². The van der Waals surface area contributed by atoms with Gasteiger partial charge in [-0.25, -0.2) is 0 Å². The Bertz CT molecular complexity index is 370. The lowest BCUT2D eigenvalue weighted by atomic mass is 10.1. The lowest BCUT2D eigenvalue weighted by Crippen LogP contribution is -1.93. The number of benzene rings is 1. The third-order valence-electron chi connectivity index (χ3n) is 2.46. The van der Waals surface area contributed by atoms with Crippen LogP contribution in [-0.4, -0.2) is 13.4 Å². The van der Waals surface area contributed by atoms with Gasteiger partial charge in [0.25, 0.3) is 0 Å². The number of halogens is 1. The summed E-state index contributed by atoms with van der Waals surface area (Å²) in [7, 11) is 1.60. The van der Waals surface area contributed by atoms with Crippen molar-refractivity contribution in [1.29, 1.82) is 0 Å². The van der Waals surface area contributed by atoms with Gasteiger partial charge in [0.2, 0.25) is 0 Å². The molecule has 14 heavy (non-hydrogen) atoms. The number of hydrogen-bond donors (Lipinski definition) is 0. The monoisotopic (exact) mass is 210 g/mol. The zero-order valence-corrected chi connectivity index (χ0v) is 8.67. The van der Waals surface area contributed by atoms with Gasteiger partial charge in [-0.2, -0.15) is 0 Å². The van der Waals surface area contributed by atoms with E-state index in [1.165, 1.54) is 0 Å². The molecule has 3 heteroatoms. The summed E-state index contributed by atoms with van der Waals surface area (Å²) in [5.41, 5.74) is 1.62. The lowest BCUT2D eigenvalue weighted by molar-refractivity contribution is 0.112. The summed E-state index contributed by atoms with van der Waals surface area (Å²) < 4.78 is 5.23. The molecule has 1 saturated carbocycles. The van der Waals surface area contributed by atoms with Crippen LogP contribution < -0.4 is 4.74 Å². The molecule has 0 heterocycles. The highest BCUT2D eigenvalue weighted by atomic mass is 35.5. The van der Waals surface area contributed by atoms with Crippen LogP contribution in [0.4, 0.5) is 0 Å². The Morgan fingerprint density at radius 2 is 2.21 bits per heavy atom. The van der Waals surface area contributed by atoms with Crippen LogP contribution in [0.5, 0.6) is 5.75 Å². The average molecular weight is 211 g/mol. The molecule has 0 radical (unpaired) electrons. The quantitative estimate of drug-likeness (QED) is 0.717. The van der Waals surface area contributed by atoms with E-state index < -0.39 is 0 Å². The van der Waals surface area contributed by atoms with Crippen molar-refractivity contribution in [3.63, 3.8) is 0 Å². The van der Waals surface area contributed by atoms with Crippen molar-refractivity contribution in [2.24, 2.45) is 0 Å². The van der Waals surface area contributed by atoms with Gasteiger partial charge in [-0.3, -0.25) is 4.79 Å². The van der Waals surface area contributed by atoms with Crippen LogP contribution in [0.3, 0.4) is 0 Å². The predicted molar refractivity (Wildman–Crippen MR) is 55.4 cm³/mol. The van der Waals surface area contributed by atoms with Crippen molar-refractivity contribution in [2.45, 2.75) is 18.8 Å². The van der Waals surface area contributed by atoms with Gasteiger partial charge in [-0.1, -0.05) is 11.6 Å². The van der Waals surface area contributed by atoms with E-state index in [1.54, 1.807) is 19.2 Å². The number of rotatable bonds is 3. The first-order valence-electron chi connectivity index (χ1n) is 4.59. The number of hydrogen-bond acceptors (Lipinski definition) is 2. The minimum atomic E-state index is 0.526. The first-order valence-corrected chi connectivity index (χ1v) is 4.96. The number of carbonyl (C=O) groups is 1. The third kappa shape index (κ3) is 1.62. The standard InChI is InChI=1S/C11H11ClO2/c1-14-10-5-7(6-13)4-9(12)11(10)8-2-3-8/h4-6,8H,2-3H2,1H3. The average Bonchev–Trinajstić information content (AvgIpc) is 3.00. The number of ether oxygens (including phenoxy) is 1. The topological polar surface area (TPSA) is 26.3 Å². The van der Waals surface area contributed by atoms with Crippen LogP contribution in [0.25, 0.3) is 0 Å². The highest BCUT2D eigenvalue weighted by Crippen LogP contribution is 2.47. The highest BCUT2D eigenvalue weighted by molar-refractivity contribution is 6.32. The second-order valence-corrected chi connectivity index (χ2v) is 3.92. The summed E-state index contributed by atoms with van der Waals surface area (Å²) in [6.07, 6.45) is 3.11. The van der Waals surface area contributed by atoms with E-state index in [0.29, 0.717) is 16.5 Å². The molecule has 74 valence electrons. The van der Waals surface area contributed by atoms with E-state index in [4.69, 9.17) is 16.3 Å². The largest absolute Gasteiger partial charge is 0.496 e. The molecule has 1 fully saturated rings. The van der Waals surface area contributed by atoms with Crippen LogP contribution in [-0.2, 0) is 0 Å². The molecule has 1 aromatic rings. The van der Waals surface area contributed by atoms with Gasteiger partial charge in [-0.05, 0) is 30.9 Å². The van der Waals surface area contributed by atoms with Crippen molar-refractivity contribution in [3.8, 4) is 5.75 Å². The Kier molecular flexibility index (Phi) is 2.46. The van der Waals surface area contributed by atoms with E-state index >= 15 is 0 Å². The normalized spacial score (nSPS) is 15.3. The first kappa shape index (κ1) is 9.53. The van der Waals surface area contributed by atoms with Crippen LogP contribution in [0.15, 0.2) is 12.1 Å². The molecule has 1 aliphatic rings. The second kappa shape index (κ2) is 3.62. The van der Waals surface area contributed by atoms with E-state index in [1.807, 2.05) is 0 Å². The van der Waals surface area contributed by atoms with Crippen molar-refractivity contribution < 1.29 is 9.53 Å². The predicted octanol–water partition coefficient (Wildman–Crippen LogP) is 3.04. The Labute approximate surface area is 87.8 Å². The second-order valence-electron chi connectivity index (χ2n) is 3.51. The van der Waals surface area contributed by atoms with E-state index in [2.05, 4.69) is 0 Å². The number of methoxy groups -OCH3 is 1. The summed E-state index contributed by atoms with van der Waals surface area (Å²) in [4.78, 5) is 10.6. The fourth-order valence-corrected chi connectivity index (χ4v) is 1.99. The fraction of sp³-hybridized carbons (Fsp3) is 0.364. The molecule has 0 amide bonds. The fourth-order valence-electron chi connectivity index (χ4n) is 1.62. The maximum absolute atomic E-state index is 10.6. The molecule has 0 bridgehead atoms. The van der Waals surface area contributed by atoms with Crippen LogP contribution >= 0.6 is 11.6 Å². The Morgan fingerprint density at radius 1 is 1.50 bits per heavy atom. The summed E-state index contributed by atoms with van der Waals surface area (Å²) in [6, 6.07) is 3.44. The Balaban J connectivity index is 2.51. The van der Waals surface area contributed by atoms with Gasteiger partial charge in [-0.15, -0.1) is 0 Å². The lowest BCUT2D eigenvalue weighted by Gasteiger charge is -2.10. The van der Waals surface area contributed by atoms with E-state index in [9.17, 15) is 4.79 Å². The van der Waals surface area contributed by atoms with Crippen molar-refractivity contribution in [3.05, 3.63) is 28.3 Å². The number of carbonyl (C=O) groups excluding carboxylic acids is 1. The van der Waals surface area contributed by atoms with Gasteiger partial charge in [0.05, 0.1) is 7.11 Å². The van der Waals surface area contributed by atoms with Gasteiger partial charge in [0.15, 0.2) is 0 Å². The first-order chi connectivity index (χ1) is 6.76. The molecule has 2 rings (SSSR count). The molecule has 2 nitrogen and oxygen atoms in total. The van der Waals surface area contributed by atoms with Crippen LogP contribution in [0.1, 0.15) is 34.7 Å². The molecule has 0 N–H and O–H groups in total. The minimum absolute atomic E-state index is 0.526. The molecule has 0 spiro atoms. The Hall–Kier alpha value is -1.02. The maximum atomic E-state index is 10.6. The maximum Gasteiger partial charge on any atom is 0.150 e.